The highest BCUT2D eigenvalue weighted by molar-refractivity contribution is 14.1. The Kier molecular flexibility index (Phi) is 3.61. The molecule has 2 aromatic carbocycles. The quantitative estimate of drug-likeness (QED) is 0.591. The first-order valence-corrected chi connectivity index (χ1v) is 6.19. The summed E-state index contributed by atoms with van der Waals surface area (Å²) in [6.07, 6.45) is 0. The van der Waals surface area contributed by atoms with Crippen LogP contribution in [-0.4, -0.2) is 5.78 Å². The molecule has 0 saturated carbocycles. The minimum atomic E-state index is 0.0293. The molecule has 0 spiro atoms. The van der Waals surface area contributed by atoms with Crippen molar-refractivity contribution in [3.8, 4) is 0 Å². The molecule has 0 radical (unpaired) electrons. The van der Waals surface area contributed by atoms with Crippen molar-refractivity contribution in [2.45, 2.75) is 0 Å². The Morgan fingerprint density at radius 1 is 1.00 bits per heavy atom. The van der Waals surface area contributed by atoms with Gasteiger partial charge >= 0.3 is 0 Å². The van der Waals surface area contributed by atoms with Gasteiger partial charge in [0.2, 0.25) is 0 Å². The summed E-state index contributed by atoms with van der Waals surface area (Å²) in [5, 5.41) is 0.638. The fourth-order valence-corrected chi connectivity index (χ4v) is 2.16. The van der Waals surface area contributed by atoms with Gasteiger partial charge in [0.25, 0.3) is 0 Å². The third-order valence-corrected chi connectivity index (χ3v) is 3.42. The molecule has 2 aromatic rings. The lowest BCUT2D eigenvalue weighted by atomic mass is 10.0. The van der Waals surface area contributed by atoms with Gasteiger partial charge in [0.1, 0.15) is 0 Å². The van der Waals surface area contributed by atoms with Crippen molar-refractivity contribution >= 4 is 40.0 Å². The zero-order chi connectivity index (χ0) is 11.5. The number of hydrogen-bond acceptors (Lipinski definition) is 1. The van der Waals surface area contributed by atoms with Gasteiger partial charge in [-0.3, -0.25) is 4.79 Å². The Hall–Kier alpha value is -0.870. The van der Waals surface area contributed by atoms with Gasteiger partial charge in [0.15, 0.2) is 5.78 Å². The number of rotatable bonds is 2. The summed E-state index contributed by atoms with van der Waals surface area (Å²) in [5.41, 5.74) is 1.39. The van der Waals surface area contributed by atoms with Crippen molar-refractivity contribution in [1.82, 2.24) is 0 Å². The topological polar surface area (TPSA) is 17.1 Å². The average Bonchev–Trinajstić information content (AvgIpc) is 2.30. The Balaban J connectivity index is 2.40. The molecule has 0 aliphatic carbocycles. The summed E-state index contributed by atoms with van der Waals surface area (Å²) in [5.74, 6) is 0.0293. The average molecular weight is 343 g/mol. The molecule has 0 amide bonds. The van der Waals surface area contributed by atoms with Crippen LogP contribution in [0.25, 0.3) is 0 Å². The van der Waals surface area contributed by atoms with Gasteiger partial charge in [0.05, 0.1) is 0 Å². The Labute approximate surface area is 113 Å². The molecule has 0 fully saturated rings. The van der Waals surface area contributed by atoms with E-state index in [0.29, 0.717) is 10.6 Å². The van der Waals surface area contributed by atoms with E-state index in [9.17, 15) is 4.79 Å². The summed E-state index contributed by atoms with van der Waals surface area (Å²) in [4.78, 5) is 12.1. The molecule has 3 heteroatoms. The van der Waals surface area contributed by atoms with Crippen LogP contribution in [-0.2, 0) is 0 Å². The number of carbonyl (C=O) groups is 1. The van der Waals surface area contributed by atoms with E-state index >= 15 is 0 Å². The molecule has 80 valence electrons. The Morgan fingerprint density at radius 3 is 2.25 bits per heavy atom. The van der Waals surface area contributed by atoms with E-state index in [4.69, 9.17) is 11.6 Å². The number of carbonyl (C=O) groups excluding carboxylic acids is 1. The number of hydrogen-bond donors (Lipinski definition) is 0. The molecular formula is C13H8ClIO. The van der Waals surface area contributed by atoms with Crippen molar-refractivity contribution in [1.29, 1.82) is 0 Å². The smallest absolute Gasteiger partial charge is 0.194 e. The Morgan fingerprint density at radius 2 is 1.62 bits per heavy atom. The van der Waals surface area contributed by atoms with Gasteiger partial charge in [-0.05, 0) is 59.0 Å². The molecule has 0 N–H and O–H groups in total. The highest BCUT2D eigenvalue weighted by atomic mass is 127. The van der Waals surface area contributed by atoms with Gasteiger partial charge in [-0.1, -0.05) is 23.7 Å². The standard InChI is InChI=1S/C13H8ClIO/c14-10-7-5-9(6-8-10)13(16)11-3-1-2-4-12(11)15/h1-8H. The first kappa shape index (κ1) is 11.6. The van der Waals surface area contributed by atoms with Crippen LogP contribution in [0.3, 0.4) is 0 Å². The van der Waals surface area contributed by atoms with Gasteiger partial charge < -0.3 is 0 Å². The normalized spacial score (nSPS) is 10.1. The molecule has 0 bridgehead atoms. The van der Waals surface area contributed by atoms with Crippen LogP contribution in [0.1, 0.15) is 15.9 Å². The highest BCUT2D eigenvalue weighted by Gasteiger charge is 2.11. The third-order valence-electron chi connectivity index (χ3n) is 2.22. The summed E-state index contributed by atoms with van der Waals surface area (Å²) in [6, 6.07) is 14.5. The van der Waals surface area contributed by atoms with Crippen molar-refractivity contribution in [3.05, 3.63) is 68.3 Å². The summed E-state index contributed by atoms with van der Waals surface area (Å²) in [6.45, 7) is 0. The van der Waals surface area contributed by atoms with Crippen LogP contribution in [0.4, 0.5) is 0 Å². The summed E-state index contributed by atoms with van der Waals surface area (Å²) in [7, 11) is 0. The molecule has 0 unspecified atom stereocenters. The van der Waals surface area contributed by atoms with Crippen LogP contribution in [0.5, 0.6) is 0 Å². The lowest BCUT2D eigenvalue weighted by Crippen LogP contribution is -2.02. The minimum absolute atomic E-state index is 0.0293. The molecule has 1 nitrogen and oxygen atoms in total. The minimum Gasteiger partial charge on any atom is -0.289 e. The van der Waals surface area contributed by atoms with E-state index in [-0.39, 0.29) is 5.78 Å². The van der Waals surface area contributed by atoms with Gasteiger partial charge in [-0.2, -0.15) is 0 Å². The van der Waals surface area contributed by atoms with Crippen molar-refractivity contribution in [3.63, 3.8) is 0 Å². The highest BCUT2D eigenvalue weighted by Crippen LogP contribution is 2.17. The molecule has 2 rings (SSSR count). The molecule has 0 atom stereocenters. The van der Waals surface area contributed by atoms with Gasteiger partial charge in [-0.15, -0.1) is 0 Å². The van der Waals surface area contributed by atoms with E-state index in [1.807, 2.05) is 24.3 Å². The SMILES string of the molecule is O=C(c1ccc(Cl)cc1)c1ccccc1I. The van der Waals surface area contributed by atoms with Crippen molar-refractivity contribution < 1.29 is 4.79 Å². The van der Waals surface area contributed by atoms with E-state index < -0.39 is 0 Å². The van der Waals surface area contributed by atoms with Crippen LogP contribution in [0, 0.1) is 3.57 Å². The maximum Gasteiger partial charge on any atom is 0.194 e. The monoisotopic (exact) mass is 342 g/mol. The second kappa shape index (κ2) is 4.97. The lowest BCUT2D eigenvalue weighted by Gasteiger charge is -2.03. The molecule has 0 aromatic heterocycles. The fraction of sp³-hybridized carbons (Fsp3) is 0. The predicted octanol–water partition coefficient (Wildman–Crippen LogP) is 4.18. The first-order chi connectivity index (χ1) is 7.68. The largest absolute Gasteiger partial charge is 0.289 e. The second-order valence-corrected chi connectivity index (χ2v) is 4.91. The van der Waals surface area contributed by atoms with Crippen LogP contribution < -0.4 is 0 Å². The Bertz CT molecular complexity index is 520. The predicted molar refractivity (Wildman–Crippen MR) is 74.0 cm³/mol. The van der Waals surface area contributed by atoms with E-state index in [1.54, 1.807) is 24.3 Å². The molecule has 16 heavy (non-hydrogen) atoms. The van der Waals surface area contributed by atoms with Crippen LogP contribution >= 0.6 is 34.2 Å². The van der Waals surface area contributed by atoms with E-state index in [2.05, 4.69) is 22.6 Å². The summed E-state index contributed by atoms with van der Waals surface area (Å²) >= 11 is 7.94. The molecule has 0 aliphatic heterocycles. The van der Waals surface area contributed by atoms with E-state index in [1.165, 1.54) is 0 Å². The maximum absolute atomic E-state index is 12.1. The molecule has 0 saturated heterocycles. The van der Waals surface area contributed by atoms with Crippen molar-refractivity contribution in [2.24, 2.45) is 0 Å². The zero-order valence-electron chi connectivity index (χ0n) is 8.28. The number of benzene rings is 2. The van der Waals surface area contributed by atoms with Crippen LogP contribution in [0.15, 0.2) is 48.5 Å². The molecule has 0 aliphatic rings. The third kappa shape index (κ3) is 2.44. The second-order valence-electron chi connectivity index (χ2n) is 3.32. The zero-order valence-corrected chi connectivity index (χ0v) is 11.2. The lowest BCUT2D eigenvalue weighted by molar-refractivity contribution is 0.103. The van der Waals surface area contributed by atoms with Crippen molar-refractivity contribution in [2.75, 3.05) is 0 Å². The fourth-order valence-electron chi connectivity index (χ4n) is 1.40. The summed E-state index contributed by atoms with van der Waals surface area (Å²) < 4.78 is 0.958. The van der Waals surface area contributed by atoms with Gasteiger partial charge in [-0.25, -0.2) is 0 Å². The van der Waals surface area contributed by atoms with Gasteiger partial charge in [0, 0.05) is 19.7 Å². The first-order valence-electron chi connectivity index (χ1n) is 4.73. The maximum atomic E-state index is 12.1. The van der Waals surface area contributed by atoms with E-state index in [0.717, 1.165) is 9.13 Å². The molecular weight excluding hydrogens is 334 g/mol. The number of ketones is 1. The molecule has 0 heterocycles. The van der Waals surface area contributed by atoms with Crippen LogP contribution in [0.2, 0.25) is 5.02 Å². The number of halogens is 2.